The molecule has 0 aromatic heterocycles. The first-order valence-electron chi connectivity index (χ1n) is 5.23. The normalized spacial score (nSPS) is 23.3. The molecule has 2 nitrogen and oxygen atoms in total. The van der Waals surface area contributed by atoms with Crippen molar-refractivity contribution in [2.24, 2.45) is 5.92 Å². The highest BCUT2D eigenvalue weighted by molar-refractivity contribution is 5.82. The Labute approximate surface area is 96.4 Å². The monoisotopic (exact) mass is 244 g/mol. The molecule has 0 spiro atoms. The number of hydrogen-bond donors (Lipinski definition) is 0. The average Bonchev–Trinajstić information content (AvgIpc) is 2.94. The van der Waals surface area contributed by atoms with E-state index in [0.29, 0.717) is 6.42 Å². The van der Waals surface area contributed by atoms with Crippen LogP contribution < -0.4 is 4.74 Å². The van der Waals surface area contributed by atoms with Crippen molar-refractivity contribution in [2.75, 3.05) is 0 Å². The summed E-state index contributed by atoms with van der Waals surface area (Å²) in [5.41, 5.74) is 0.729. The number of ether oxygens (including phenoxy) is 1. The van der Waals surface area contributed by atoms with Crippen LogP contribution in [0.25, 0.3) is 0 Å². The maximum absolute atomic E-state index is 12.0. The highest BCUT2D eigenvalue weighted by Gasteiger charge is 2.42. The van der Waals surface area contributed by atoms with Gasteiger partial charge in [-0.15, -0.1) is 13.2 Å². The van der Waals surface area contributed by atoms with Gasteiger partial charge in [0, 0.05) is 5.92 Å². The van der Waals surface area contributed by atoms with Gasteiger partial charge in [-0.25, -0.2) is 0 Å². The summed E-state index contributed by atoms with van der Waals surface area (Å²) in [7, 11) is 0. The number of alkyl halides is 3. The second-order valence-electron chi connectivity index (χ2n) is 4.18. The standard InChI is InChI=1S/C12H11F3O2/c1-7(16)10-6-11(10)8-3-2-4-9(5-8)17-12(13,14)15/h2-5,10-11H,6H2,1H3. The molecule has 1 aromatic rings. The predicted molar refractivity (Wildman–Crippen MR) is 54.7 cm³/mol. The van der Waals surface area contributed by atoms with Crippen LogP contribution in [0.3, 0.4) is 0 Å². The molecule has 0 radical (unpaired) electrons. The lowest BCUT2D eigenvalue weighted by Gasteiger charge is -2.09. The third kappa shape index (κ3) is 2.99. The van der Waals surface area contributed by atoms with Gasteiger partial charge in [-0.3, -0.25) is 4.79 Å². The summed E-state index contributed by atoms with van der Waals surface area (Å²) in [6, 6.07) is 5.83. The van der Waals surface area contributed by atoms with Crippen LogP contribution in [-0.4, -0.2) is 12.1 Å². The van der Waals surface area contributed by atoms with Gasteiger partial charge in [-0.2, -0.15) is 0 Å². The SMILES string of the molecule is CC(=O)C1CC1c1cccc(OC(F)(F)F)c1. The topological polar surface area (TPSA) is 26.3 Å². The van der Waals surface area contributed by atoms with E-state index in [4.69, 9.17) is 0 Å². The molecule has 0 N–H and O–H groups in total. The second kappa shape index (κ2) is 4.05. The van der Waals surface area contributed by atoms with E-state index in [1.165, 1.54) is 25.1 Å². The molecule has 0 amide bonds. The van der Waals surface area contributed by atoms with Crippen LogP contribution in [0, 0.1) is 5.92 Å². The third-order valence-electron chi connectivity index (χ3n) is 2.83. The van der Waals surface area contributed by atoms with E-state index in [2.05, 4.69) is 4.74 Å². The van der Waals surface area contributed by atoms with Gasteiger partial charge in [0.2, 0.25) is 0 Å². The summed E-state index contributed by atoms with van der Waals surface area (Å²) in [4.78, 5) is 11.1. The molecule has 0 aliphatic heterocycles. The summed E-state index contributed by atoms with van der Waals surface area (Å²) in [6.07, 6.45) is -3.97. The number of hydrogen-bond acceptors (Lipinski definition) is 2. The Bertz CT molecular complexity index is 440. The summed E-state index contributed by atoms with van der Waals surface area (Å²) in [6.45, 7) is 1.50. The average molecular weight is 244 g/mol. The zero-order chi connectivity index (χ0) is 12.6. The Morgan fingerprint density at radius 1 is 1.41 bits per heavy atom. The molecule has 1 aliphatic carbocycles. The molecular formula is C12H11F3O2. The zero-order valence-electron chi connectivity index (χ0n) is 9.12. The van der Waals surface area contributed by atoms with Crippen LogP contribution >= 0.6 is 0 Å². The maximum Gasteiger partial charge on any atom is 0.573 e. The molecule has 1 fully saturated rings. The first-order chi connectivity index (χ1) is 7.87. The number of carbonyl (C=O) groups excluding carboxylic acids is 1. The minimum absolute atomic E-state index is 0.0452. The van der Waals surface area contributed by atoms with E-state index in [9.17, 15) is 18.0 Å². The molecule has 0 bridgehead atoms. The largest absolute Gasteiger partial charge is 0.573 e. The van der Waals surface area contributed by atoms with Crippen LogP contribution in [0.2, 0.25) is 0 Å². The molecule has 17 heavy (non-hydrogen) atoms. The Morgan fingerprint density at radius 3 is 2.65 bits per heavy atom. The number of carbonyl (C=O) groups is 1. The summed E-state index contributed by atoms with van der Waals surface area (Å²) < 4.78 is 39.9. The smallest absolute Gasteiger partial charge is 0.406 e. The molecule has 2 unspecified atom stereocenters. The Morgan fingerprint density at radius 2 is 2.12 bits per heavy atom. The number of benzene rings is 1. The summed E-state index contributed by atoms with van der Waals surface area (Å²) >= 11 is 0. The second-order valence-corrected chi connectivity index (χ2v) is 4.18. The fraction of sp³-hybridized carbons (Fsp3) is 0.417. The van der Waals surface area contributed by atoms with Crippen molar-refractivity contribution in [3.05, 3.63) is 29.8 Å². The number of rotatable bonds is 3. The fourth-order valence-corrected chi connectivity index (χ4v) is 1.95. The van der Waals surface area contributed by atoms with Crippen LogP contribution in [0.15, 0.2) is 24.3 Å². The number of Topliss-reactive ketones (excluding diaryl/α,β-unsaturated/α-hetero) is 1. The zero-order valence-corrected chi connectivity index (χ0v) is 9.12. The third-order valence-corrected chi connectivity index (χ3v) is 2.83. The van der Waals surface area contributed by atoms with Gasteiger partial charge in [0.1, 0.15) is 11.5 Å². The Hall–Kier alpha value is -1.52. The fourth-order valence-electron chi connectivity index (χ4n) is 1.95. The van der Waals surface area contributed by atoms with Gasteiger partial charge in [-0.05, 0) is 37.0 Å². The molecule has 2 rings (SSSR count). The van der Waals surface area contributed by atoms with E-state index < -0.39 is 6.36 Å². The van der Waals surface area contributed by atoms with Crippen LogP contribution in [-0.2, 0) is 4.79 Å². The van der Waals surface area contributed by atoms with Crippen molar-refractivity contribution in [1.82, 2.24) is 0 Å². The van der Waals surface area contributed by atoms with Crippen molar-refractivity contribution < 1.29 is 22.7 Å². The highest BCUT2D eigenvalue weighted by Crippen LogP contribution is 2.48. The molecule has 1 aliphatic rings. The molecule has 0 saturated heterocycles. The van der Waals surface area contributed by atoms with Crippen molar-refractivity contribution in [2.45, 2.75) is 25.6 Å². The molecule has 2 atom stereocenters. The van der Waals surface area contributed by atoms with E-state index >= 15 is 0 Å². The highest BCUT2D eigenvalue weighted by atomic mass is 19.4. The van der Waals surface area contributed by atoms with E-state index in [0.717, 1.165) is 5.56 Å². The van der Waals surface area contributed by atoms with Crippen molar-refractivity contribution in [3.8, 4) is 5.75 Å². The van der Waals surface area contributed by atoms with Gasteiger partial charge >= 0.3 is 6.36 Å². The summed E-state index contributed by atoms with van der Waals surface area (Å²) in [5, 5.41) is 0. The van der Waals surface area contributed by atoms with E-state index in [1.807, 2.05) is 0 Å². The van der Waals surface area contributed by atoms with E-state index in [-0.39, 0.29) is 23.4 Å². The lowest BCUT2D eigenvalue weighted by molar-refractivity contribution is -0.274. The van der Waals surface area contributed by atoms with Gasteiger partial charge in [0.25, 0.3) is 0 Å². The predicted octanol–water partition coefficient (Wildman–Crippen LogP) is 3.28. The lowest BCUT2D eigenvalue weighted by atomic mass is 10.1. The van der Waals surface area contributed by atoms with Crippen molar-refractivity contribution >= 4 is 5.78 Å². The minimum atomic E-state index is -4.68. The Balaban J connectivity index is 2.11. The Kier molecular flexibility index (Phi) is 2.85. The number of ketones is 1. The van der Waals surface area contributed by atoms with Gasteiger partial charge in [0.05, 0.1) is 0 Å². The number of halogens is 3. The first kappa shape index (κ1) is 12.0. The van der Waals surface area contributed by atoms with Crippen molar-refractivity contribution in [3.63, 3.8) is 0 Å². The molecular weight excluding hydrogens is 233 g/mol. The molecule has 0 heterocycles. The van der Waals surface area contributed by atoms with Gasteiger partial charge in [-0.1, -0.05) is 12.1 Å². The summed E-state index contributed by atoms with van der Waals surface area (Å²) in [5.74, 6) is -0.151. The molecule has 5 heteroatoms. The first-order valence-corrected chi connectivity index (χ1v) is 5.23. The van der Waals surface area contributed by atoms with Crippen LogP contribution in [0.4, 0.5) is 13.2 Å². The molecule has 1 saturated carbocycles. The maximum atomic E-state index is 12.0. The molecule has 1 aromatic carbocycles. The molecule has 92 valence electrons. The van der Waals surface area contributed by atoms with Gasteiger partial charge in [0.15, 0.2) is 0 Å². The quantitative estimate of drug-likeness (QED) is 0.815. The van der Waals surface area contributed by atoms with Crippen LogP contribution in [0.1, 0.15) is 24.8 Å². The lowest BCUT2D eigenvalue weighted by Crippen LogP contribution is -2.17. The van der Waals surface area contributed by atoms with Crippen LogP contribution in [0.5, 0.6) is 5.75 Å². The van der Waals surface area contributed by atoms with Crippen molar-refractivity contribution in [1.29, 1.82) is 0 Å². The minimum Gasteiger partial charge on any atom is -0.406 e. The van der Waals surface area contributed by atoms with E-state index in [1.54, 1.807) is 6.07 Å². The van der Waals surface area contributed by atoms with Gasteiger partial charge < -0.3 is 4.74 Å².